The Labute approximate surface area is 169 Å². The third-order valence-electron chi connectivity index (χ3n) is 5.33. The molecule has 0 saturated heterocycles. The summed E-state index contributed by atoms with van der Waals surface area (Å²) in [5.41, 5.74) is 9.62. The van der Waals surface area contributed by atoms with Gasteiger partial charge in [0.05, 0.1) is 11.6 Å². The molecule has 3 aromatic rings. The topological polar surface area (TPSA) is 103 Å². The fourth-order valence-electron chi connectivity index (χ4n) is 3.69. The summed E-state index contributed by atoms with van der Waals surface area (Å²) in [7, 11) is 0. The number of hydrogen-bond donors (Lipinski definition) is 2. The van der Waals surface area contributed by atoms with Crippen LogP contribution in [0.1, 0.15) is 48.7 Å². The monoisotopic (exact) mass is 391 g/mol. The molecular weight excluding hydrogens is 366 g/mol. The SMILES string of the molecule is CCc1ccc(C(=O)NC2CCC(Oc3cc(N)cc4nccnc34)CC2)nc1. The highest BCUT2D eigenvalue weighted by Gasteiger charge is 2.25. The van der Waals surface area contributed by atoms with Crippen molar-refractivity contribution >= 4 is 22.6 Å². The van der Waals surface area contributed by atoms with Gasteiger partial charge in [-0.05, 0) is 49.8 Å². The number of benzene rings is 1. The maximum Gasteiger partial charge on any atom is 0.270 e. The third-order valence-corrected chi connectivity index (χ3v) is 5.33. The maximum atomic E-state index is 12.4. The summed E-state index contributed by atoms with van der Waals surface area (Å²) in [6.45, 7) is 2.07. The van der Waals surface area contributed by atoms with Crippen LogP contribution in [0, 0.1) is 0 Å². The molecule has 1 fully saturated rings. The molecule has 29 heavy (non-hydrogen) atoms. The Hall–Kier alpha value is -3.22. The molecule has 0 radical (unpaired) electrons. The maximum absolute atomic E-state index is 12.4. The zero-order valence-corrected chi connectivity index (χ0v) is 16.5. The van der Waals surface area contributed by atoms with Gasteiger partial charge in [-0.15, -0.1) is 0 Å². The van der Waals surface area contributed by atoms with Gasteiger partial charge in [0.1, 0.15) is 17.0 Å². The second-order valence-electron chi connectivity index (χ2n) is 7.41. The Bertz CT molecular complexity index is 998. The molecule has 150 valence electrons. The molecule has 1 aliphatic carbocycles. The molecular formula is C22H25N5O2. The van der Waals surface area contributed by atoms with Crippen molar-refractivity contribution in [3.05, 3.63) is 54.1 Å². The van der Waals surface area contributed by atoms with E-state index in [1.807, 2.05) is 6.07 Å². The number of nitrogens with two attached hydrogens (primary N) is 1. The first-order valence-corrected chi connectivity index (χ1v) is 10.0. The van der Waals surface area contributed by atoms with Gasteiger partial charge < -0.3 is 15.8 Å². The molecule has 1 aromatic carbocycles. The molecule has 3 N–H and O–H groups in total. The minimum Gasteiger partial charge on any atom is -0.488 e. The Balaban J connectivity index is 1.34. The summed E-state index contributed by atoms with van der Waals surface area (Å²) < 4.78 is 6.21. The number of nitrogen functional groups attached to an aromatic ring is 1. The Kier molecular flexibility index (Phi) is 5.55. The van der Waals surface area contributed by atoms with E-state index < -0.39 is 0 Å². The van der Waals surface area contributed by atoms with Crippen LogP contribution in [0.2, 0.25) is 0 Å². The van der Waals surface area contributed by atoms with Crippen LogP contribution in [-0.2, 0) is 6.42 Å². The van der Waals surface area contributed by atoms with E-state index >= 15 is 0 Å². The van der Waals surface area contributed by atoms with Gasteiger partial charge in [-0.1, -0.05) is 13.0 Å². The minimum absolute atomic E-state index is 0.0668. The van der Waals surface area contributed by atoms with Gasteiger partial charge in [0, 0.05) is 36.4 Å². The van der Waals surface area contributed by atoms with Gasteiger partial charge in [-0.25, -0.2) is 4.98 Å². The second-order valence-corrected chi connectivity index (χ2v) is 7.41. The smallest absolute Gasteiger partial charge is 0.270 e. The fraction of sp³-hybridized carbons (Fsp3) is 0.364. The third kappa shape index (κ3) is 4.45. The number of carbonyl (C=O) groups excluding carboxylic acids is 1. The number of rotatable bonds is 5. The highest BCUT2D eigenvalue weighted by molar-refractivity contribution is 5.92. The summed E-state index contributed by atoms with van der Waals surface area (Å²) in [5, 5.41) is 3.10. The number of hydrogen-bond acceptors (Lipinski definition) is 6. The molecule has 7 heteroatoms. The lowest BCUT2D eigenvalue weighted by atomic mass is 9.92. The van der Waals surface area contributed by atoms with E-state index in [1.54, 1.807) is 36.8 Å². The molecule has 0 atom stereocenters. The zero-order valence-electron chi connectivity index (χ0n) is 16.5. The van der Waals surface area contributed by atoms with E-state index in [9.17, 15) is 4.79 Å². The number of aromatic nitrogens is 3. The predicted molar refractivity (Wildman–Crippen MR) is 112 cm³/mol. The molecule has 1 saturated carbocycles. The van der Waals surface area contributed by atoms with Crippen LogP contribution in [0.25, 0.3) is 11.0 Å². The molecule has 1 aliphatic rings. The zero-order chi connectivity index (χ0) is 20.2. The minimum atomic E-state index is -0.117. The molecule has 2 aromatic heterocycles. The van der Waals surface area contributed by atoms with Crippen molar-refractivity contribution in [2.75, 3.05) is 5.73 Å². The number of carbonyl (C=O) groups is 1. The van der Waals surface area contributed by atoms with E-state index in [4.69, 9.17) is 10.5 Å². The number of fused-ring (bicyclic) bond motifs is 1. The summed E-state index contributed by atoms with van der Waals surface area (Å²) >= 11 is 0. The van der Waals surface area contributed by atoms with Gasteiger partial charge in [0.15, 0.2) is 0 Å². The molecule has 0 unspecified atom stereocenters. The number of nitrogens with zero attached hydrogens (tertiary/aromatic N) is 3. The highest BCUT2D eigenvalue weighted by atomic mass is 16.5. The number of pyridine rings is 1. The van der Waals surface area contributed by atoms with E-state index in [2.05, 4.69) is 27.2 Å². The van der Waals surface area contributed by atoms with Crippen LogP contribution < -0.4 is 15.8 Å². The van der Waals surface area contributed by atoms with Crippen LogP contribution in [0.5, 0.6) is 5.75 Å². The van der Waals surface area contributed by atoms with Gasteiger partial charge in [-0.3, -0.25) is 14.8 Å². The summed E-state index contributed by atoms with van der Waals surface area (Å²) in [6, 6.07) is 7.46. The number of ether oxygens (including phenoxy) is 1. The Morgan fingerprint density at radius 3 is 2.66 bits per heavy atom. The van der Waals surface area contributed by atoms with Gasteiger partial charge >= 0.3 is 0 Å². The average molecular weight is 391 g/mol. The number of amides is 1. The molecule has 0 aliphatic heterocycles. The van der Waals surface area contributed by atoms with E-state index in [0.29, 0.717) is 17.1 Å². The summed E-state index contributed by atoms with van der Waals surface area (Å²) in [5.74, 6) is 0.551. The lowest BCUT2D eigenvalue weighted by molar-refractivity contribution is 0.0890. The van der Waals surface area contributed by atoms with Crippen molar-refractivity contribution < 1.29 is 9.53 Å². The molecule has 1 amide bonds. The first-order valence-electron chi connectivity index (χ1n) is 10.0. The normalized spacial score (nSPS) is 19.1. The summed E-state index contributed by atoms with van der Waals surface area (Å²) in [6.07, 6.45) is 9.45. The van der Waals surface area contributed by atoms with Crippen molar-refractivity contribution in [1.82, 2.24) is 20.3 Å². The van der Waals surface area contributed by atoms with Crippen LogP contribution in [0.3, 0.4) is 0 Å². The van der Waals surface area contributed by atoms with Crippen molar-refractivity contribution in [1.29, 1.82) is 0 Å². The van der Waals surface area contributed by atoms with Gasteiger partial charge in [-0.2, -0.15) is 0 Å². The number of nitrogens with one attached hydrogen (secondary N) is 1. The molecule has 7 nitrogen and oxygen atoms in total. The van der Waals surface area contributed by atoms with Gasteiger partial charge in [0.25, 0.3) is 5.91 Å². The highest BCUT2D eigenvalue weighted by Crippen LogP contribution is 2.30. The Morgan fingerprint density at radius 1 is 1.14 bits per heavy atom. The van der Waals surface area contributed by atoms with E-state index in [1.165, 1.54) is 0 Å². The van der Waals surface area contributed by atoms with Crippen LogP contribution in [-0.4, -0.2) is 33.0 Å². The second kappa shape index (κ2) is 8.43. The molecule has 0 bridgehead atoms. The molecule has 2 heterocycles. The standard InChI is InChI=1S/C22H25N5O2/c1-2-14-3-8-18(26-13-14)22(28)27-16-4-6-17(7-5-16)29-20-12-15(23)11-19-21(20)25-10-9-24-19/h3,8-13,16-17H,2,4-7,23H2,1H3,(H,27,28). The van der Waals surface area contributed by atoms with Crippen molar-refractivity contribution in [3.63, 3.8) is 0 Å². The first-order chi connectivity index (χ1) is 14.1. The van der Waals surface area contributed by atoms with E-state index in [-0.39, 0.29) is 18.1 Å². The average Bonchev–Trinajstić information content (AvgIpc) is 2.75. The summed E-state index contributed by atoms with van der Waals surface area (Å²) in [4.78, 5) is 25.4. The number of anilines is 1. The number of aryl methyl sites for hydroxylation is 1. The lowest BCUT2D eigenvalue weighted by Gasteiger charge is -2.29. The molecule has 4 rings (SSSR count). The van der Waals surface area contributed by atoms with Crippen molar-refractivity contribution in [2.24, 2.45) is 0 Å². The van der Waals surface area contributed by atoms with Crippen molar-refractivity contribution in [2.45, 2.75) is 51.2 Å². The Morgan fingerprint density at radius 2 is 1.93 bits per heavy atom. The van der Waals surface area contributed by atoms with Crippen LogP contribution in [0.15, 0.2) is 42.9 Å². The van der Waals surface area contributed by atoms with Crippen LogP contribution in [0.4, 0.5) is 5.69 Å². The van der Waals surface area contributed by atoms with Crippen molar-refractivity contribution in [3.8, 4) is 5.75 Å². The quantitative estimate of drug-likeness (QED) is 0.647. The molecule has 0 spiro atoms. The largest absolute Gasteiger partial charge is 0.488 e. The first kappa shape index (κ1) is 19.1. The lowest BCUT2D eigenvalue weighted by Crippen LogP contribution is -2.40. The van der Waals surface area contributed by atoms with E-state index in [0.717, 1.165) is 48.7 Å². The fourth-order valence-corrected chi connectivity index (χ4v) is 3.69. The predicted octanol–water partition coefficient (Wildman–Crippen LogP) is 3.29. The van der Waals surface area contributed by atoms with Gasteiger partial charge in [0.2, 0.25) is 0 Å². The van der Waals surface area contributed by atoms with Crippen LogP contribution >= 0.6 is 0 Å².